The van der Waals surface area contributed by atoms with Crippen LogP contribution in [0.25, 0.3) is 33.3 Å². The van der Waals surface area contributed by atoms with E-state index in [1.165, 1.54) is 4.57 Å². The summed E-state index contributed by atoms with van der Waals surface area (Å²) in [5, 5.41) is 4.17. The van der Waals surface area contributed by atoms with Crippen LogP contribution >= 0.6 is 0 Å². The standard InChI is InChI=1S/C25H28F2N8O/c1-14-31-22-19(35(14)13-20(26)27)7-15(10-28-22)17-11-29-21-18(17)12-30-24(33-21)32-16-8-25(2,9-16)23(36)34-5-3-4-6-34/h7,10-12,16,20H,3-6,8-9,13H2,1-2H3,(H2,29,30,32,33)/t16-,25-. The Balaban J connectivity index is 1.20. The number of rotatable bonds is 6. The van der Waals surface area contributed by atoms with E-state index in [2.05, 4.69) is 30.2 Å². The second kappa shape index (κ2) is 8.49. The van der Waals surface area contributed by atoms with Crippen LogP contribution in [-0.2, 0) is 11.3 Å². The Kier molecular flexibility index (Phi) is 5.38. The number of imidazole rings is 1. The van der Waals surface area contributed by atoms with E-state index in [-0.39, 0.29) is 17.4 Å². The molecule has 1 saturated carbocycles. The number of pyridine rings is 1. The van der Waals surface area contributed by atoms with Crippen LogP contribution < -0.4 is 5.32 Å². The van der Waals surface area contributed by atoms with Crippen LogP contribution in [0.1, 0.15) is 38.4 Å². The molecule has 1 amide bonds. The summed E-state index contributed by atoms with van der Waals surface area (Å²) in [5.74, 6) is 1.28. The van der Waals surface area contributed by atoms with E-state index in [0.29, 0.717) is 28.6 Å². The van der Waals surface area contributed by atoms with Crippen LogP contribution in [0.15, 0.2) is 24.7 Å². The summed E-state index contributed by atoms with van der Waals surface area (Å²) < 4.78 is 27.7. The third-order valence-electron chi connectivity index (χ3n) is 7.50. The number of carbonyl (C=O) groups is 1. The van der Waals surface area contributed by atoms with E-state index >= 15 is 0 Å². The van der Waals surface area contributed by atoms with Gasteiger partial charge in [0.2, 0.25) is 11.9 Å². The topological polar surface area (TPSA) is 105 Å². The number of alkyl halides is 2. The number of aromatic nitrogens is 6. The minimum atomic E-state index is -2.48. The first-order chi connectivity index (χ1) is 17.3. The summed E-state index contributed by atoms with van der Waals surface area (Å²) in [6.45, 7) is 5.07. The van der Waals surface area contributed by atoms with Crippen molar-refractivity contribution in [1.82, 2.24) is 34.4 Å². The number of nitrogens with one attached hydrogen (secondary N) is 2. The van der Waals surface area contributed by atoms with E-state index in [1.54, 1.807) is 19.3 Å². The van der Waals surface area contributed by atoms with E-state index < -0.39 is 13.0 Å². The minimum Gasteiger partial charge on any atom is -0.351 e. The molecule has 9 nitrogen and oxygen atoms in total. The molecule has 1 aliphatic carbocycles. The first-order valence-corrected chi connectivity index (χ1v) is 12.3. The molecule has 11 heteroatoms. The maximum atomic E-state index is 13.1. The average Bonchev–Trinajstić information content (AvgIpc) is 3.56. The van der Waals surface area contributed by atoms with Gasteiger partial charge in [0, 0.05) is 54.2 Å². The summed E-state index contributed by atoms with van der Waals surface area (Å²) in [6, 6.07) is 1.98. The predicted molar refractivity (Wildman–Crippen MR) is 132 cm³/mol. The van der Waals surface area contributed by atoms with Gasteiger partial charge in [-0.1, -0.05) is 6.92 Å². The molecule has 0 unspecified atom stereocenters. The molecule has 0 radical (unpaired) electrons. The second-order valence-electron chi connectivity index (χ2n) is 10.2. The van der Waals surface area contributed by atoms with Gasteiger partial charge in [-0.15, -0.1) is 0 Å². The molecule has 1 aliphatic heterocycles. The van der Waals surface area contributed by atoms with Crippen molar-refractivity contribution in [2.75, 3.05) is 18.4 Å². The minimum absolute atomic E-state index is 0.151. The number of nitrogens with zero attached hydrogens (tertiary/aromatic N) is 6. The third-order valence-corrected chi connectivity index (χ3v) is 7.50. The van der Waals surface area contributed by atoms with Gasteiger partial charge in [0.05, 0.1) is 17.5 Å². The lowest BCUT2D eigenvalue weighted by molar-refractivity contribution is -0.145. The first-order valence-electron chi connectivity index (χ1n) is 12.3. The van der Waals surface area contributed by atoms with Crippen LogP contribution in [0.2, 0.25) is 0 Å². The van der Waals surface area contributed by atoms with Crippen molar-refractivity contribution in [2.45, 2.75) is 58.5 Å². The molecule has 2 fully saturated rings. The summed E-state index contributed by atoms with van der Waals surface area (Å²) in [5.41, 5.74) is 2.96. The number of likely N-dealkylation sites (tertiary alicyclic amines) is 1. The molecule has 2 N–H and O–H groups in total. The van der Waals surface area contributed by atoms with Gasteiger partial charge in [-0.2, -0.15) is 4.98 Å². The number of hydrogen-bond donors (Lipinski definition) is 2. The van der Waals surface area contributed by atoms with Gasteiger partial charge in [-0.25, -0.2) is 23.7 Å². The van der Waals surface area contributed by atoms with Crippen molar-refractivity contribution in [3.05, 3.63) is 30.5 Å². The predicted octanol–water partition coefficient (Wildman–Crippen LogP) is 4.15. The maximum absolute atomic E-state index is 13.1. The number of aromatic amines is 1. The zero-order chi connectivity index (χ0) is 25.0. The van der Waals surface area contributed by atoms with E-state index in [9.17, 15) is 13.6 Å². The lowest BCUT2D eigenvalue weighted by Crippen LogP contribution is -2.53. The SMILES string of the molecule is Cc1nc2ncc(-c3c[nH]c4nc(N[C@H]5C[C@](C)(C(=O)N6CCCC6)C5)ncc34)cc2n1CC(F)F. The molecule has 6 rings (SSSR count). The summed E-state index contributed by atoms with van der Waals surface area (Å²) in [4.78, 5) is 35.8. The Hall–Kier alpha value is -3.63. The molecule has 5 heterocycles. The first kappa shape index (κ1) is 22.8. The summed E-state index contributed by atoms with van der Waals surface area (Å²) in [6.07, 6.45) is 6.48. The van der Waals surface area contributed by atoms with Gasteiger partial charge < -0.3 is 19.8 Å². The molecule has 0 spiro atoms. The van der Waals surface area contributed by atoms with Gasteiger partial charge in [0.1, 0.15) is 11.5 Å². The van der Waals surface area contributed by atoms with Gasteiger partial charge in [0.15, 0.2) is 5.65 Å². The average molecular weight is 495 g/mol. The Morgan fingerprint density at radius 1 is 1.22 bits per heavy atom. The zero-order valence-corrected chi connectivity index (χ0v) is 20.3. The van der Waals surface area contributed by atoms with Gasteiger partial charge >= 0.3 is 0 Å². The van der Waals surface area contributed by atoms with Crippen LogP contribution in [0.3, 0.4) is 0 Å². The fraction of sp³-hybridized carbons (Fsp3) is 0.480. The highest BCUT2D eigenvalue weighted by Gasteiger charge is 2.48. The number of hydrogen-bond acceptors (Lipinski definition) is 6. The Labute approximate surface area is 206 Å². The normalized spacial score (nSPS) is 22.0. The second-order valence-corrected chi connectivity index (χ2v) is 10.2. The highest BCUT2D eigenvalue weighted by atomic mass is 19.3. The Morgan fingerprint density at radius 2 is 2.00 bits per heavy atom. The fourth-order valence-electron chi connectivity index (χ4n) is 5.64. The van der Waals surface area contributed by atoms with Gasteiger partial charge in [-0.3, -0.25) is 4.79 Å². The lowest BCUT2D eigenvalue weighted by Gasteiger charge is -2.45. The largest absolute Gasteiger partial charge is 0.351 e. The molecular formula is C25H28F2N8O. The smallest absolute Gasteiger partial charge is 0.256 e. The number of fused-ring (bicyclic) bond motifs is 2. The van der Waals surface area contributed by atoms with Crippen molar-refractivity contribution < 1.29 is 13.6 Å². The lowest BCUT2D eigenvalue weighted by atomic mass is 9.66. The molecule has 188 valence electrons. The molecule has 4 aromatic heterocycles. The van der Waals surface area contributed by atoms with E-state index in [4.69, 9.17) is 0 Å². The molecule has 2 aliphatic rings. The molecule has 36 heavy (non-hydrogen) atoms. The number of anilines is 1. The molecule has 1 saturated heterocycles. The van der Waals surface area contributed by atoms with Crippen molar-refractivity contribution >= 4 is 34.1 Å². The summed E-state index contributed by atoms with van der Waals surface area (Å²) >= 11 is 0. The number of amides is 1. The van der Waals surface area contributed by atoms with Crippen molar-refractivity contribution in [3.63, 3.8) is 0 Å². The van der Waals surface area contributed by atoms with E-state index in [0.717, 1.165) is 55.3 Å². The van der Waals surface area contributed by atoms with Gasteiger partial charge in [0.25, 0.3) is 6.43 Å². The monoisotopic (exact) mass is 494 g/mol. The van der Waals surface area contributed by atoms with Crippen LogP contribution in [0.5, 0.6) is 0 Å². The van der Waals surface area contributed by atoms with Crippen LogP contribution in [0, 0.1) is 12.3 Å². The number of halogens is 2. The number of H-pyrrole nitrogens is 1. The van der Waals surface area contributed by atoms with Crippen LogP contribution in [0.4, 0.5) is 14.7 Å². The molecule has 0 bridgehead atoms. The van der Waals surface area contributed by atoms with Crippen molar-refractivity contribution in [1.29, 1.82) is 0 Å². The highest BCUT2D eigenvalue weighted by molar-refractivity contribution is 5.95. The summed E-state index contributed by atoms with van der Waals surface area (Å²) in [7, 11) is 0. The fourth-order valence-corrected chi connectivity index (χ4v) is 5.64. The highest BCUT2D eigenvalue weighted by Crippen LogP contribution is 2.44. The number of aryl methyl sites for hydroxylation is 1. The number of carbonyl (C=O) groups excluding carboxylic acids is 1. The molecule has 0 aromatic carbocycles. The molecule has 4 aromatic rings. The zero-order valence-electron chi connectivity index (χ0n) is 20.3. The molecular weight excluding hydrogens is 466 g/mol. The van der Waals surface area contributed by atoms with Gasteiger partial charge in [-0.05, 0) is 38.7 Å². The van der Waals surface area contributed by atoms with Crippen molar-refractivity contribution in [3.8, 4) is 11.1 Å². The third kappa shape index (κ3) is 3.86. The Bertz CT molecular complexity index is 1450. The van der Waals surface area contributed by atoms with Crippen LogP contribution in [-0.4, -0.2) is 65.9 Å². The van der Waals surface area contributed by atoms with Crippen molar-refractivity contribution in [2.24, 2.45) is 5.41 Å². The Morgan fingerprint density at radius 3 is 2.75 bits per heavy atom. The van der Waals surface area contributed by atoms with E-state index in [1.807, 2.05) is 24.1 Å². The molecule has 0 atom stereocenters. The quantitative estimate of drug-likeness (QED) is 0.417. The maximum Gasteiger partial charge on any atom is 0.256 e.